The topological polar surface area (TPSA) is 89.3 Å². The van der Waals surface area contributed by atoms with E-state index in [0.717, 1.165) is 62.2 Å². The molecule has 7 nitrogen and oxygen atoms in total. The molecule has 0 saturated heterocycles. The van der Waals surface area contributed by atoms with Gasteiger partial charge in [0.2, 0.25) is 0 Å². The number of hydrogen-bond acceptors (Lipinski definition) is 5. The predicted molar refractivity (Wildman–Crippen MR) is 112 cm³/mol. The summed E-state index contributed by atoms with van der Waals surface area (Å²) in [4.78, 5) is 20.1. The van der Waals surface area contributed by atoms with Crippen molar-refractivity contribution in [1.29, 1.82) is 0 Å². The molecule has 2 N–H and O–H groups in total. The molecule has 0 radical (unpaired) electrons. The van der Waals surface area contributed by atoms with Crippen LogP contribution in [0, 0.1) is 0 Å². The lowest BCUT2D eigenvalue weighted by atomic mass is 10.2. The van der Waals surface area contributed by atoms with Crippen molar-refractivity contribution in [3.05, 3.63) is 34.8 Å². The number of amides is 1. The van der Waals surface area contributed by atoms with E-state index in [-0.39, 0.29) is 0 Å². The number of hydrogen-bond donors (Lipinski definition) is 2. The Balaban J connectivity index is 1.68. The maximum atomic E-state index is 10.9. The van der Waals surface area contributed by atoms with Gasteiger partial charge in [0.05, 0.1) is 22.3 Å². The molecule has 0 spiro atoms. The molecule has 5 rings (SSSR count). The number of imidazole rings is 1. The monoisotopic (exact) mass is 458 g/mol. The summed E-state index contributed by atoms with van der Waals surface area (Å²) in [5.74, 6) is 1.70. The molecule has 3 heterocycles. The molecule has 0 unspecified atom stereocenters. The molecule has 2 aromatic heterocycles. The molecule has 1 aliphatic rings. The summed E-state index contributed by atoms with van der Waals surface area (Å²) in [6.45, 7) is 1.57. The Labute approximate surface area is 172 Å². The van der Waals surface area contributed by atoms with Crippen molar-refractivity contribution in [3.63, 3.8) is 0 Å². The van der Waals surface area contributed by atoms with Crippen molar-refractivity contribution in [2.24, 2.45) is 0 Å². The Bertz CT molecular complexity index is 1230. The van der Waals surface area contributed by atoms with Crippen LogP contribution in [0.2, 0.25) is 0 Å². The van der Waals surface area contributed by atoms with Gasteiger partial charge in [0.15, 0.2) is 5.13 Å². The summed E-state index contributed by atoms with van der Waals surface area (Å²) in [6.07, 6.45) is 0.883. The molecular weight excluding hydrogens is 444 g/mol. The number of anilines is 1. The second-order valence-corrected chi connectivity index (χ2v) is 8.49. The van der Waals surface area contributed by atoms with Crippen LogP contribution in [-0.2, 0) is 6.54 Å². The first-order chi connectivity index (χ1) is 13.6. The van der Waals surface area contributed by atoms with Gasteiger partial charge in [-0.2, -0.15) is 0 Å². The van der Waals surface area contributed by atoms with Crippen LogP contribution in [0.1, 0.15) is 12.8 Å². The van der Waals surface area contributed by atoms with Crippen molar-refractivity contribution in [2.75, 3.05) is 11.9 Å². The Morgan fingerprint density at radius 3 is 2.96 bits per heavy atom. The molecular formula is C19H15BrN4O3S. The molecule has 4 aromatic rings. The second kappa shape index (κ2) is 6.75. The molecule has 28 heavy (non-hydrogen) atoms. The molecule has 0 saturated carbocycles. The molecule has 0 bridgehead atoms. The molecule has 2 aromatic carbocycles. The van der Waals surface area contributed by atoms with Crippen LogP contribution >= 0.6 is 27.3 Å². The predicted octanol–water partition coefficient (Wildman–Crippen LogP) is 5.34. The SMILES string of the molecule is O=C(O)Nc1nc2cc(-c3nc4cc(Br)cc5c4n3CCCCO5)ccc2s1. The van der Waals surface area contributed by atoms with Gasteiger partial charge in [0, 0.05) is 16.6 Å². The van der Waals surface area contributed by atoms with Gasteiger partial charge in [-0.15, -0.1) is 0 Å². The van der Waals surface area contributed by atoms with Gasteiger partial charge in [-0.3, -0.25) is 5.32 Å². The van der Waals surface area contributed by atoms with Crippen LogP contribution in [-0.4, -0.2) is 32.3 Å². The summed E-state index contributed by atoms with van der Waals surface area (Å²) in [6, 6.07) is 9.91. The molecule has 0 fully saturated rings. The number of aromatic nitrogens is 3. The molecule has 142 valence electrons. The van der Waals surface area contributed by atoms with Crippen LogP contribution < -0.4 is 10.1 Å². The molecule has 0 atom stereocenters. The summed E-state index contributed by atoms with van der Waals surface area (Å²) >= 11 is 4.86. The standard InChI is InChI=1S/C19H15BrN4O3S/c20-11-8-13-16-14(9-11)27-6-2-1-5-24(16)17(21-13)10-3-4-15-12(7-10)22-18(28-15)23-19(25)26/h3-4,7-9H,1-2,5-6H2,(H,22,23)(H,25,26). The highest BCUT2D eigenvalue weighted by atomic mass is 79.9. The van der Waals surface area contributed by atoms with E-state index in [1.54, 1.807) is 0 Å². The average Bonchev–Trinajstić information content (AvgIpc) is 3.18. The number of carbonyl (C=O) groups is 1. The van der Waals surface area contributed by atoms with Crippen LogP contribution in [0.25, 0.3) is 32.6 Å². The van der Waals surface area contributed by atoms with E-state index in [9.17, 15) is 4.79 Å². The minimum atomic E-state index is -1.12. The number of benzene rings is 2. The van der Waals surface area contributed by atoms with E-state index in [4.69, 9.17) is 14.8 Å². The van der Waals surface area contributed by atoms with Crippen molar-refractivity contribution < 1.29 is 14.6 Å². The lowest BCUT2D eigenvalue weighted by molar-refractivity contribution is 0.209. The average molecular weight is 459 g/mol. The first kappa shape index (κ1) is 17.4. The van der Waals surface area contributed by atoms with E-state index in [1.807, 2.05) is 30.3 Å². The number of aryl methyl sites for hydroxylation is 1. The second-order valence-electron chi connectivity index (χ2n) is 6.55. The largest absolute Gasteiger partial charge is 0.491 e. The Morgan fingerprint density at radius 2 is 2.11 bits per heavy atom. The number of thiazole rings is 1. The van der Waals surface area contributed by atoms with Crippen LogP contribution in [0.15, 0.2) is 34.8 Å². The summed E-state index contributed by atoms with van der Waals surface area (Å²) in [5, 5.41) is 11.6. The van der Waals surface area contributed by atoms with E-state index >= 15 is 0 Å². The van der Waals surface area contributed by atoms with Crippen LogP contribution in [0.4, 0.5) is 9.93 Å². The molecule has 1 amide bonds. The van der Waals surface area contributed by atoms with Crippen molar-refractivity contribution in [1.82, 2.24) is 14.5 Å². The third-order valence-electron chi connectivity index (χ3n) is 4.66. The van der Waals surface area contributed by atoms with Gasteiger partial charge in [0.1, 0.15) is 17.1 Å². The zero-order valence-corrected chi connectivity index (χ0v) is 17.0. The highest BCUT2D eigenvalue weighted by molar-refractivity contribution is 9.10. The van der Waals surface area contributed by atoms with Gasteiger partial charge in [-0.25, -0.2) is 14.8 Å². The van der Waals surface area contributed by atoms with E-state index in [0.29, 0.717) is 11.7 Å². The number of rotatable bonds is 2. The number of halogens is 1. The summed E-state index contributed by atoms with van der Waals surface area (Å²) in [7, 11) is 0. The first-order valence-electron chi connectivity index (χ1n) is 8.82. The highest BCUT2D eigenvalue weighted by Crippen LogP contribution is 2.37. The van der Waals surface area contributed by atoms with Crippen molar-refractivity contribution in [2.45, 2.75) is 19.4 Å². The van der Waals surface area contributed by atoms with Gasteiger partial charge in [-0.1, -0.05) is 27.3 Å². The van der Waals surface area contributed by atoms with Gasteiger partial charge in [0.25, 0.3) is 0 Å². The number of nitrogens with one attached hydrogen (secondary N) is 1. The fourth-order valence-corrected chi connectivity index (χ4v) is 4.77. The maximum absolute atomic E-state index is 10.9. The van der Waals surface area contributed by atoms with Crippen molar-refractivity contribution in [3.8, 4) is 17.1 Å². The minimum Gasteiger partial charge on any atom is -0.491 e. The number of ether oxygens (including phenoxy) is 1. The zero-order valence-electron chi connectivity index (χ0n) is 14.6. The van der Waals surface area contributed by atoms with Crippen LogP contribution in [0.5, 0.6) is 5.75 Å². The molecule has 0 aliphatic carbocycles. The summed E-state index contributed by atoms with van der Waals surface area (Å²) < 4.78 is 10.0. The lowest BCUT2D eigenvalue weighted by Gasteiger charge is -2.16. The number of fused-ring (bicyclic) bond motifs is 1. The normalized spacial score (nSPS) is 13.9. The van der Waals surface area contributed by atoms with Gasteiger partial charge in [-0.05, 0) is 43.2 Å². The lowest BCUT2D eigenvalue weighted by Crippen LogP contribution is -2.08. The first-order valence-corrected chi connectivity index (χ1v) is 10.4. The van der Waals surface area contributed by atoms with Crippen molar-refractivity contribution >= 4 is 59.7 Å². The third-order valence-corrected chi connectivity index (χ3v) is 6.07. The summed E-state index contributed by atoms with van der Waals surface area (Å²) in [5.41, 5.74) is 3.57. The molecule has 9 heteroatoms. The van der Waals surface area contributed by atoms with Crippen LogP contribution in [0.3, 0.4) is 0 Å². The van der Waals surface area contributed by atoms with E-state index in [2.05, 4.69) is 30.8 Å². The van der Waals surface area contributed by atoms with Gasteiger partial charge >= 0.3 is 6.09 Å². The minimum absolute atomic E-state index is 0.363. The maximum Gasteiger partial charge on any atom is 0.410 e. The highest BCUT2D eigenvalue weighted by Gasteiger charge is 2.19. The Morgan fingerprint density at radius 1 is 1.21 bits per heavy atom. The zero-order chi connectivity index (χ0) is 19.3. The fourth-order valence-electron chi connectivity index (χ4n) is 3.51. The fraction of sp³-hybridized carbons (Fsp3) is 0.211. The Hall–Kier alpha value is -2.65. The quantitative estimate of drug-likeness (QED) is 0.423. The Kier molecular flexibility index (Phi) is 4.21. The smallest absolute Gasteiger partial charge is 0.410 e. The number of carboxylic acid groups (broad SMARTS) is 1. The third kappa shape index (κ3) is 3.00. The van der Waals surface area contributed by atoms with E-state index in [1.165, 1.54) is 11.3 Å². The molecule has 1 aliphatic heterocycles. The number of nitrogens with zero attached hydrogens (tertiary/aromatic N) is 3. The van der Waals surface area contributed by atoms with E-state index < -0.39 is 6.09 Å². The van der Waals surface area contributed by atoms with Gasteiger partial charge < -0.3 is 14.4 Å².